The number of carbonyl (C=O) groups is 2. The number of hydrogen-bond acceptors (Lipinski definition) is 6. The predicted octanol–water partition coefficient (Wildman–Crippen LogP) is 4.78. The van der Waals surface area contributed by atoms with E-state index in [0.717, 1.165) is 21.9 Å². The zero-order valence-electron chi connectivity index (χ0n) is 14.9. The van der Waals surface area contributed by atoms with Gasteiger partial charge in [0.05, 0.1) is 16.3 Å². The highest BCUT2D eigenvalue weighted by molar-refractivity contribution is 8.26. The monoisotopic (exact) mass is 463 g/mol. The number of thiazole rings is 1. The molecule has 6 nitrogen and oxygen atoms in total. The van der Waals surface area contributed by atoms with E-state index in [0.29, 0.717) is 27.2 Å². The molecule has 0 unspecified atom stereocenters. The Morgan fingerprint density at radius 3 is 2.79 bits per heavy atom. The van der Waals surface area contributed by atoms with Gasteiger partial charge in [-0.3, -0.25) is 18.9 Å². The Hall–Kier alpha value is -2.20. The van der Waals surface area contributed by atoms with Gasteiger partial charge in [0.15, 0.2) is 4.96 Å². The third-order valence-electron chi connectivity index (χ3n) is 4.33. The lowest BCUT2D eigenvalue weighted by Crippen LogP contribution is -2.29. The number of fused-ring (bicyclic) bond motifs is 1. The van der Waals surface area contributed by atoms with E-state index in [1.807, 2.05) is 28.1 Å². The van der Waals surface area contributed by atoms with Crippen molar-refractivity contribution in [3.05, 3.63) is 51.5 Å². The quantitative estimate of drug-likeness (QED) is 0.418. The van der Waals surface area contributed by atoms with Gasteiger partial charge in [0.2, 0.25) is 0 Å². The number of rotatable bonds is 6. The summed E-state index contributed by atoms with van der Waals surface area (Å²) in [6, 6.07) is 7.39. The summed E-state index contributed by atoms with van der Waals surface area (Å²) in [5.41, 5.74) is 2.44. The molecule has 4 rings (SSSR count). The number of thioether (sulfide) groups is 1. The van der Waals surface area contributed by atoms with Crippen molar-refractivity contribution in [3.8, 4) is 11.3 Å². The molecule has 1 aromatic carbocycles. The van der Waals surface area contributed by atoms with Gasteiger partial charge < -0.3 is 5.11 Å². The third-order valence-corrected chi connectivity index (χ3v) is 6.72. The summed E-state index contributed by atoms with van der Waals surface area (Å²) in [6.45, 7) is 0.290. The highest BCUT2D eigenvalue weighted by atomic mass is 35.5. The van der Waals surface area contributed by atoms with Crippen LogP contribution in [0.4, 0.5) is 0 Å². The minimum absolute atomic E-state index is 0.00499. The summed E-state index contributed by atoms with van der Waals surface area (Å²) in [6.07, 6.45) is 4.06. The number of carboxylic acid groups (broad SMARTS) is 1. The van der Waals surface area contributed by atoms with E-state index in [-0.39, 0.29) is 12.3 Å². The van der Waals surface area contributed by atoms with Crippen molar-refractivity contribution in [1.82, 2.24) is 14.3 Å². The van der Waals surface area contributed by atoms with Crippen LogP contribution in [0.15, 0.2) is 40.7 Å². The van der Waals surface area contributed by atoms with Gasteiger partial charge in [0, 0.05) is 35.1 Å². The van der Waals surface area contributed by atoms with Crippen LogP contribution in [0.5, 0.6) is 0 Å². The fraction of sp³-hybridized carbons (Fsp3) is 0.158. The van der Waals surface area contributed by atoms with E-state index in [2.05, 4.69) is 0 Å². The van der Waals surface area contributed by atoms with Crippen LogP contribution in [0, 0.1) is 0 Å². The number of carboxylic acids is 1. The molecule has 0 aliphatic carbocycles. The lowest BCUT2D eigenvalue weighted by molar-refractivity contribution is -0.137. The molecule has 0 spiro atoms. The predicted molar refractivity (Wildman–Crippen MR) is 120 cm³/mol. The fourth-order valence-corrected chi connectivity index (χ4v) is 5.10. The molecular weight excluding hydrogens is 450 g/mol. The smallest absolute Gasteiger partial charge is 0.303 e. The van der Waals surface area contributed by atoms with E-state index in [1.54, 1.807) is 18.2 Å². The first kappa shape index (κ1) is 20.1. The molecule has 1 aliphatic heterocycles. The lowest BCUT2D eigenvalue weighted by Gasteiger charge is -2.13. The van der Waals surface area contributed by atoms with Gasteiger partial charge >= 0.3 is 5.97 Å². The standard InChI is InChI=1S/C19H14ClN3O3S3/c20-12-5-3-11(4-6-12)16-13(22-8-9-28-18(22)21-16)10-14-17(26)23(19(27)29-14)7-1-2-15(24)25/h3-6,8-10H,1-2,7H2,(H,24,25). The largest absolute Gasteiger partial charge is 0.481 e. The first-order valence-electron chi connectivity index (χ1n) is 8.62. The molecule has 1 N–H and O–H groups in total. The average molecular weight is 464 g/mol. The first-order valence-corrected chi connectivity index (χ1v) is 11.1. The van der Waals surface area contributed by atoms with E-state index in [4.69, 9.17) is 33.9 Å². The van der Waals surface area contributed by atoms with Gasteiger partial charge in [-0.25, -0.2) is 4.98 Å². The topological polar surface area (TPSA) is 74.9 Å². The average Bonchev–Trinajstić information content (AvgIpc) is 3.33. The number of hydrogen-bond donors (Lipinski definition) is 1. The maximum absolute atomic E-state index is 12.8. The number of benzene rings is 1. The third kappa shape index (κ3) is 4.09. The van der Waals surface area contributed by atoms with Gasteiger partial charge in [-0.05, 0) is 24.6 Å². The Balaban J connectivity index is 1.69. The van der Waals surface area contributed by atoms with Crippen molar-refractivity contribution in [2.45, 2.75) is 12.8 Å². The molecule has 2 aromatic heterocycles. The first-order chi connectivity index (χ1) is 13.9. The summed E-state index contributed by atoms with van der Waals surface area (Å²) in [4.78, 5) is 31.1. The molecule has 10 heteroatoms. The molecule has 0 saturated carbocycles. The van der Waals surface area contributed by atoms with Gasteiger partial charge in [-0.15, -0.1) is 11.3 Å². The molecule has 29 heavy (non-hydrogen) atoms. The highest BCUT2D eigenvalue weighted by Crippen LogP contribution is 2.36. The number of carbonyl (C=O) groups excluding carboxylic acids is 1. The number of amides is 1. The molecule has 1 amide bonds. The second-order valence-corrected chi connectivity index (χ2v) is 9.22. The van der Waals surface area contributed by atoms with Crippen LogP contribution in [0.1, 0.15) is 18.5 Å². The van der Waals surface area contributed by atoms with Crippen LogP contribution in [-0.4, -0.2) is 42.1 Å². The summed E-state index contributed by atoms with van der Waals surface area (Å²) in [5.74, 6) is -1.10. The van der Waals surface area contributed by atoms with E-state index in [1.165, 1.54) is 28.0 Å². The molecule has 1 aliphatic rings. The van der Waals surface area contributed by atoms with Gasteiger partial charge in [-0.2, -0.15) is 0 Å². The zero-order valence-corrected chi connectivity index (χ0v) is 18.1. The Labute approximate surface area is 184 Å². The minimum Gasteiger partial charge on any atom is -0.481 e. The summed E-state index contributed by atoms with van der Waals surface area (Å²) in [5, 5.41) is 11.4. The Morgan fingerprint density at radius 2 is 2.07 bits per heavy atom. The van der Waals surface area contributed by atoms with Crippen molar-refractivity contribution in [3.63, 3.8) is 0 Å². The maximum atomic E-state index is 12.8. The van der Waals surface area contributed by atoms with Crippen molar-refractivity contribution in [2.75, 3.05) is 6.54 Å². The van der Waals surface area contributed by atoms with Crippen LogP contribution < -0.4 is 0 Å². The van der Waals surface area contributed by atoms with Gasteiger partial charge in [-0.1, -0.05) is 47.7 Å². The van der Waals surface area contributed by atoms with Crippen molar-refractivity contribution >= 4 is 74.2 Å². The molecule has 1 saturated heterocycles. The number of aliphatic carboxylic acids is 1. The number of halogens is 1. The van der Waals surface area contributed by atoms with E-state index >= 15 is 0 Å². The summed E-state index contributed by atoms with van der Waals surface area (Å²) < 4.78 is 2.37. The normalized spacial score (nSPS) is 15.8. The van der Waals surface area contributed by atoms with E-state index in [9.17, 15) is 9.59 Å². The van der Waals surface area contributed by atoms with Crippen LogP contribution in [0.25, 0.3) is 22.3 Å². The molecule has 3 heterocycles. The van der Waals surface area contributed by atoms with Crippen molar-refractivity contribution in [2.24, 2.45) is 0 Å². The number of nitrogens with zero attached hydrogens (tertiary/aromatic N) is 3. The molecule has 0 radical (unpaired) electrons. The highest BCUT2D eigenvalue weighted by Gasteiger charge is 2.32. The Bertz CT molecular complexity index is 1150. The Kier molecular flexibility index (Phi) is 5.73. The second-order valence-electron chi connectivity index (χ2n) is 6.24. The molecule has 0 bridgehead atoms. The second kappa shape index (κ2) is 8.27. The Morgan fingerprint density at radius 1 is 1.31 bits per heavy atom. The summed E-state index contributed by atoms with van der Waals surface area (Å²) >= 11 is 14.1. The zero-order chi connectivity index (χ0) is 20.5. The molecule has 1 fully saturated rings. The maximum Gasteiger partial charge on any atom is 0.303 e. The van der Waals surface area contributed by atoms with Crippen LogP contribution in [-0.2, 0) is 9.59 Å². The van der Waals surface area contributed by atoms with E-state index < -0.39 is 5.97 Å². The van der Waals surface area contributed by atoms with Crippen molar-refractivity contribution < 1.29 is 14.7 Å². The molecule has 3 aromatic rings. The fourth-order valence-electron chi connectivity index (χ4n) is 2.97. The SMILES string of the molecule is O=C(O)CCCN1C(=O)C(=Cc2c(-c3ccc(Cl)cc3)nc3sccn23)SC1=S. The molecule has 148 valence electrons. The van der Waals surface area contributed by atoms with Crippen molar-refractivity contribution in [1.29, 1.82) is 0 Å². The number of aromatic nitrogens is 2. The van der Waals surface area contributed by atoms with Crippen LogP contribution in [0.2, 0.25) is 5.02 Å². The number of thiocarbonyl (C=S) groups is 1. The van der Waals surface area contributed by atoms with Crippen LogP contribution in [0.3, 0.4) is 0 Å². The lowest BCUT2D eigenvalue weighted by atomic mass is 10.1. The molecular formula is C19H14ClN3O3S3. The molecule has 0 atom stereocenters. The van der Waals surface area contributed by atoms with Gasteiger partial charge in [0.1, 0.15) is 4.32 Å². The van der Waals surface area contributed by atoms with Crippen LogP contribution >= 0.6 is 46.9 Å². The van der Waals surface area contributed by atoms with Gasteiger partial charge in [0.25, 0.3) is 5.91 Å². The number of imidazole rings is 1. The minimum atomic E-state index is -0.891. The summed E-state index contributed by atoms with van der Waals surface area (Å²) in [7, 11) is 0.